The van der Waals surface area contributed by atoms with Crippen LogP contribution in [-0.4, -0.2) is 36.0 Å². The average molecular weight is 269 g/mol. The molecule has 1 heterocycles. The summed E-state index contributed by atoms with van der Waals surface area (Å²) < 4.78 is 0. The SMILES string of the molecule is CCCCC1CC(NC(=O)C(C)C)CN(C(N)=O)C1. The van der Waals surface area contributed by atoms with E-state index in [0.717, 1.165) is 32.2 Å². The van der Waals surface area contributed by atoms with E-state index in [1.54, 1.807) is 4.90 Å². The lowest BCUT2D eigenvalue weighted by Gasteiger charge is -2.37. The van der Waals surface area contributed by atoms with Crippen LogP contribution in [0.3, 0.4) is 0 Å². The lowest BCUT2D eigenvalue weighted by Crippen LogP contribution is -2.54. The number of piperidine rings is 1. The highest BCUT2D eigenvalue weighted by molar-refractivity contribution is 5.78. The monoisotopic (exact) mass is 269 g/mol. The zero-order valence-electron chi connectivity index (χ0n) is 12.3. The van der Waals surface area contributed by atoms with Crippen molar-refractivity contribution in [2.75, 3.05) is 13.1 Å². The van der Waals surface area contributed by atoms with Crippen LogP contribution in [0.1, 0.15) is 46.5 Å². The first-order valence-electron chi connectivity index (χ1n) is 7.28. The van der Waals surface area contributed by atoms with Crippen molar-refractivity contribution in [1.29, 1.82) is 0 Å². The van der Waals surface area contributed by atoms with Gasteiger partial charge in [-0.3, -0.25) is 4.79 Å². The first-order valence-corrected chi connectivity index (χ1v) is 7.28. The van der Waals surface area contributed by atoms with Gasteiger partial charge in [-0.15, -0.1) is 0 Å². The zero-order chi connectivity index (χ0) is 14.4. The predicted molar refractivity (Wildman–Crippen MR) is 75.6 cm³/mol. The molecule has 1 aliphatic heterocycles. The number of carbonyl (C=O) groups excluding carboxylic acids is 2. The van der Waals surface area contributed by atoms with Crippen LogP contribution in [0.15, 0.2) is 0 Å². The molecular formula is C14H27N3O2. The third kappa shape index (κ3) is 5.09. The van der Waals surface area contributed by atoms with Crippen LogP contribution >= 0.6 is 0 Å². The summed E-state index contributed by atoms with van der Waals surface area (Å²) >= 11 is 0. The third-order valence-electron chi connectivity index (χ3n) is 3.69. The first kappa shape index (κ1) is 15.8. The summed E-state index contributed by atoms with van der Waals surface area (Å²) in [6.45, 7) is 7.17. The van der Waals surface area contributed by atoms with E-state index in [0.29, 0.717) is 12.5 Å². The second kappa shape index (κ2) is 7.36. The van der Waals surface area contributed by atoms with Crippen LogP contribution in [0.25, 0.3) is 0 Å². The molecule has 1 saturated heterocycles. The van der Waals surface area contributed by atoms with Gasteiger partial charge in [0.15, 0.2) is 0 Å². The predicted octanol–water partition coefficient (Wildman–Crippen LogP) is 1.72. The van der Waals surface area contributed by atoms with Crippen LogP contribution in [0.4, 0.5) is 4.79 Å². The van der Waals surface area contributed by atoms with Gasteiger partial charge in [-0.05, 0) is 18.8 Å². The number of amides is 3. The standard InChI is InChI=1S/C14H27N3O2/c1-4-5-6-11-7-12(16-13(18)10(2)3)9-17(8-11)14(15)19/h10-12H,4-9H2,1-3H3,(H2,15,19)(H,16,18). The van der Waals surface area contributed by atoms with Crippen molar-refractivity contribution in [2.24, 2.45) is 17.6 Å². The molecule has 2 unspecified atom stereocenters. The fraction of sp³-hybridized carbons (Fsp3) is 0.857. The number of likely N-dealkylation sites (tertiary alicyclic amines) is 1. The highest BCUT2D eigenvalue weighted by Gasteiger charge is 2.29. The van der Waals surface area contributed by atoms with Crippen molar-refractivity contribution in [3.63, 3.8) is 0 Å². The highest BCUT2D eigenvalue weighted by atomic mass is 16.2. The van der Waals surface area contributed by atoms with Gasteiger partial charge in [-0.25, -0.2) is 4.79 Å². The summed E-state index contributed by atoms with van der Waals surface area (Å²) in [6, 6.07) is -0.344. The number of urea groups is 1. The van der Waals surface area contributed by atoms with E-state index in [2.05, 4.69) is 12.2 Å². The van der Waals surface area contributed by atoms with Crippen LogP contribution in [0.2, 0.25) is 0 Å². The molecule has 1 aliphatic rings. The summed E-state index contributed by atoms with van der Waals surface area (Å²) in [5.74, 6) is 0.460. The highest BCUT2D eigenvalue weighted by Crippen LogP contribution is 2.22. The molecular weight excluding hydrogens is 242 g/mol. The molecule has 1 fully saturated rings. The van der Waals surface area contributed by atoms with E-state index in [4.69, 9.17) is 5.73 Å². The topological polar surface area (TPSA) is 75.4 Å². The number of unbranched alkanes of at least 4 members (excludes halogenated alkanes) is 1. The van der Waals surface area contributed by atoms with Gasteiger partial charge >= 0.3 is 6.03 Å². The van der Waals surface area contributed by atoms with E-state index in [1.807, 2.05) is 13.8 Å². The van der Waals surface area contributed by atoms with E-state index < -0.39 is 0 Å². The Morgan fingerprint density at radius 3 is 2.58 bits per heavy atom. The molecule has 0 aromatic carbocycles. The second-order valence-corrected chi connectivity index (χ2v) is 5.85. The number of hydrogen-bond donors (Lipinski definition) is 2. The molecule has 0 spiro atoms. The average Bonchev–Trinajstić information content (AvgIpc) is 2.35. The van der Waals surface area contributed by atoms with Crippen LogP contribution in [0, 0.1) is 11.8 Å². The molecule has 5 heteroatoms. The summed E-state index contributed by atoms with van der Waals surface area (Å²) in [5.41, 5.74) is 5.39. The van der Waals surface area contributed by atoms with Gasteiger partial charge in [0.25, 0.3) is 0 Å². The first-order chi connectivity index (χ1) is 8.93. The molecule has 0 bridgehead atoms. The zero-order valence-corrected chi connectivity index (χ0v) is 12.3. The Morgan fingerprint density at radius 2 is 2.05 bits per heavy atom. The summed E-state index contributed by atoms with van der Waals surface area (Å²) in [6.07, 6.45) is 4.34. The summed E-state index contributed by atoms with van der Waals surface area (Å²) in [7, 11) is 0. The molecule has 3 amide bonds. The molecule has 5 nitrogen and oxygen atoms in total. The summed E-state index contributed by atoms with van der Waals surface area (Å²) in [5, 5.41) is 3.02. The third-order valence-corrected chi connectivity index (χ3v) is 3.69. The Morgan fingerprint density at radius 1 is 1.37 bits per heavy atom. The van der Waals surface area contributed by atoms with Gasteiger partial charge in [-0.2, -0.15) is 0 Å². The Bertz CT molecular complexity index is 318. The van der Waals surface area contributed by atoms with Crippen LogP contribution < -0.4 is 11.1 Å². The normalized spacial score (nSPS) is 23.5. The number of nitrogens with two attached hydrogens (primary N) is 1. The van der Waals surface area contributed by atoms with E-state index in [1.165, 1.54) is 0 Å². The maximum atomic E-state index is 11.8. The number of primary amides is 1. The molecule has 2 atom stereocenters. The molecule has 0 aromatic heterocycles. The minimum atomic E-state index is -0.384. The molecule has 0 radical (unpaired) electrons. The maximum Gasteiger partial charge on any atom is 0.314 e. The number of carbonyl (C=O) groups is 2. The molecule has 0 aliphatic carbocycles. The van der Waals surface area contributed by atoms with Gasteiger partial charge < -0.3 is 16.0 Å². The number of hydrogen-bond acceptors (Lipinski definition) is 2. The fourth-order valence-electron chi connectivity index (χ4n) is 2.56. The Hall–Kier alpha value is -1.26. The van der Waals surface area contributed by atoms with E-state index >= 15 is 0 Å². The van der Waals surface area contributed by atoms with Crippen LogP contribution in [0.5, 0.6) is 0 Å². The number of rotatable bonds is 5. The Kier molecular flexibility index (Phi) is 6.12. The van der Waals surface area contributed by atoms with Gasteiger partial charge in [-0.1, -0.05) is 33.6 Å². The Labute approximate surface area is 115 Å². The second-order valence-electron chi connectivity index (χ2n) is 5.85. The van der Waals surface area contributed by atoms with Crippen LogP contribution in [-0.2, 0) is 4.79 Å². The Balaban J connectivity index is 2.59. The molecule has 0 aromatic rings. The van der Waals surface area contributed by atoms with Gasteiger partial charge in [0.05, 0.1) is 0 Å². The fourth-order valence-corrected chi connectivity index (χ4v) is 2.56. The van der Waals surface area contributed by atoms with Crippen molar-refractivity contribution < 1.29 is 9.59 Å². The van der Waals surface area contributed by atoms with E-state index in [9.17, 15) is 9.59 Å². The van der Waals surface area contributed by atoms with Crippen molar-refractivity contribution in [1.82, 2.24) is 10.2 Å². The van der Waals surface area contributed by atoms with Gasteiger partial charge in [0.2, 0.25) is 5.91 Å². The van der Waals surface area contributed by atoms with Crippen molar-refractivity contribution in [3.8, 4) is 0 Å². The minimum absolute atomic E-state index is 0.0296. The molecule has 0 saturated carbocycles. The molecule has 19 heavy (non-hydrogen) atoms. The van der Waals surface area contributed by atoms with E-state index in [-0.39, 0.29) is 23.9 Å². The lowest BCUT2D eigenvalue weighted by atomic mass is 9.90. The van der Waals surface area contributed by atoms with Crippen molar-refractivity contribution >= 4 is 11.9 Å². The molecule has 110 valence electrons. The van der Waals surface area contributed by atoms with Crippen molar-refractivity contribution in [2.45, 2.75) is 52.5 Å². The van der Waals surface area contributed by atoms with Gasteiger partial charge in [0, 0.05) is 25.0 Å². The van der Waals surface area contributed by atoms with Gasteiger partial charge in [0.1, 0.15) is 0 Å². The number of nitrogens with zero attached hydrogens (tertiary/aromatic N) is 1. The maximum absolute atomic E-state index is 11.8. The number of nitrogens with one attached hydrogen (secondary N) is 1. The van der Waals surface area contributed by atoms with Crippen molar-refractivity contribution in [3.05, 3.63) is 0 Å². The molecule has 3 N–H and O–H groups in total. The summed E-state index contributed by atoms with van der Waals surface area (Å²) in [4.78, 5) is 24.8. The molecule has 1 rings (SSSR count). The largest absolute Gasteiger partial charge is 0.351 e. The quantitative estimate of drug-likeness (QED) is 0.797. The smallest absolute Gasteiger partial charge is 0.314 e. The lowest BCUT2D eigenvalue weighted by molar-refractivity contribution is -0.125. The minimum Gasteiger partial charge on any atom is -0.351 e.